The summed E-state index contributed by atoms with van der Waals surface area (Å²) in [6, 6.07) is 1.41. The van der Waals surface area contributed by atoms with Crippen LogP contribution in [-0.2, 0) is 7.05 Å². The fourth-order valence-electron chi connectivity index (χ4n) is 3.08. The van der Waals surface area contributed by atoms with Gasteiger partial charge in [-0.1, -0.05) is 13.8 Å². The topological polar surface area (TPSA) is 24.3 Å². The standard InChI is InChI=1S/C11H18N4.C2H6/c1-13-6-9-3-4-10(7-13)15(9)11-5-12-14(2)8-11;1-2/h5,8-10H,3-4,6-7H2,1-2H3;1-2H3. The van der Waals surface area contributed by atoms with Crippen LogP contribution in [0, 0.1) is 0 Å². The van der Waals surface area contributed by atoms with Crippen LogP contribution in [0.5, 0.6) is 0 Å². The highest BCUT2D eigenvalue weighted by Gasteiger charge is 2.39. The van der Waals surface area contributed by atoms with E-state index in [1.54, 1.807) is 0 Å². The summed E-state index contributed by atoms with van der Waals surface area (Å²) in [5.74, 6) is 0. The summed E-state index contributed by atoms with van der Waals surface area (Å²) in [6.45, 7) is 6.40. The second kappa shape index (κ2) is 5.08. The maximum Gasteiger partial charge on any atom is 0.0758 e. The maximum absolute atomic E-state index is 4.27. The van der Waals surface area contributed by atoms with E-state index in [1.807, 2.05) is 31.8 Å². The van der Waals surface area contributed by atoms with Gasteiger partial charge in [-0.05, 0) is 19.9 Å². The van der Waals surface area contributed by atoms with Crippen molar-refractivity contribution in [3.05, 3.63) is 12.4 Å². The molecule has 2 fully saturated rings. The number of likely N-dealkylation sites (N-methyl/N-ethyl adjacent to an activating group) is 1. The molecule has 17 heavy (non-hydrogen) atoms. The molecule has 3 heterocycles. The molecule has 0 amide bonds. The molecule has 3 rings (SSSR count). The lowest BCUT2D eigenvalue weighted by molar-refractivity contribution is 0.265. The second-order valence-corrected chi connectivity index (χ2v) is 4.89. The first-order chi connectivity index (χ1) is 8.24. The normalized spacial score (nSPS) is 27.9. The van der Waals surface area contributed by atoms with Gasteiger partial charge in [0.2, 0.25) is 0 Å². The van der Waals surface area contributed by atoms with Gasteiger partial charge in [0.25, 0.3) is 0 Å². The van der Waals surface area contributed by atoms with Gasteiger partial charge >= 0.3 is 0 Å². The van der Waals surface area contributed by atoms with E-state index in [9.17, 15) is 0 Å². The minimum Gasteiger partial charge on any atom is -0.360 e. The Morgan fingerprint density at radius 2 is 1.71 bits per heavy atom. The largest absolute Gasteiger partial charge is 0.360 e. The molecular formula is C13H24N4. The van der Waals surface area contributed by atoms with E-state index in [-0.39, 0.29) is 0 Å². The second-order valence-electron chi connectivity index (χ2n) is 4.89. The van der Waals surface area contributed by atoms with Crippen LogP contribution in [0.1, 0.15) is 26.7 Å². The number of fused-ring (bicyclic) bond motifs is 2. The Balaban J connectivity index is 0.000000514. The van der Waals surface area contributed by atoms with E-state index in [0.717, 1.165) is 0 Å². The third kappa shape index (κ3) is 2.32. The molecule has 0 aliphatic carbocycles. The van der Waals surface area contributed by atoms with Gasteiger partial charge in [0.05, 0.1) is 11.9 Å². The third-order valence-corrected chi connectivity index (χ3v) is 3.65. The van der Waals surface area contributed by atoms with E-state index >= 15 is 0 Å². The fourth-order valence-corrected chi connectivity index (χ4v) is 3.08. The van der Waals surface area contributed by atoms with Crippen molar-refractivity contribution in [1.29, 1.82) is 0 Å². The van der Waals surface area contributed by atoms with Crippen molar-refractivity contribution in [3.8, 4) is 0 Å². The summed E-state index contributed by atoms with van der Waals surface area (Å²) < 4.78 is 1.90. The Labute approximate surface area is 104 Å². The number of aromatic nitrogens is 2. The molecule has 0 N–H and O–H groups in total. The van der Waals surface area contributed by atoms with Crippen LogP contribution in [0.4, 0.5) is 5.69 Å². The molecule has 2 saturated heterocycles. The quantitative estimate of drug-likeness (QED) is 0.742. The lowest BCUT2D eigenvalue weighted by atomic mass is 10.2. The Morgan fingerprint density at radius 3 is 2.18 bits per heavy atom. The summed E-state index contributed by atoms with van der Waals surface area (Å²) in [5.41, 5.74) is 1.30. The molecular weight excluding hydrogens is 212 g/mol. The number of nitrogens with zero attached hydrogens (tertiary/aromatic N) is 4. The Hall–Kier alpha value is -1.03. The molecule has 2 unspecified atom stereocenters. The summed E-state index contributed by atoms with van der Waals surface area (Å²) in [5, 5.41) is 4.27. The molecule has 2 aliphatic rings. The molecule has 2 aliphatic heterocycles. The predicted octanol–water partition coefficient (Wildman–Crippen LogP) is 1.73. The van der Waals surface area contributed by atoms with Gasteiger partial charge in [-0.25, -0.2) is 0 Å². The fraction of sp³-hybridized carbons (Fsp3) is 0.769. The first-order valence-electron chi connectivity index (χ1n) is 6.69. The minimum absolute atomic E-state index is 0.706. The lowest BCUT2D eigenvalue weighted by Gasteiger charge is -2.40. The predicted molar refractivity (Wildman–Crippen MR) is 71.3 cm³/mol. The number of hydrogen-bond donors (Lipinski definition) is 0. The van der Waals surface area contributed by atoms with Crippen LogP contribution in [0.3, 0.4) is 0 Å². The zero-order valence-electron chi connectivity index (χ0n) is 11.4. The van der Waals surface area contributed by atoms with E-state index in [1.165, 1.54) is 31.6 Å². The summed E-state index contributed by atoms with van der Waals surface area (Å²) >= 11 is 0. The Kier molecular flexibility index (Phi) is 3.72. The van der Waals surface area contributed by atoms with Crippen LogP contribution in [0.15, 0.2) is 12.4 Å². The van der Waals surface area contributed by atoms with Crippen molar-refractivity contribution in [1.82, 2.24) is 14.7 Å². The first kappa shape index (κ1) is 12.4. The van der Waals surface area contributed by atoms with Crippen molar-refractivity contribution in [3.63, 3.8) is 0 Å². The van der Waals surface area contributed by atoms with Gasteiger partial charge in [0, 0.05) is 38.4 Å². The van der Waals surface area contributed by atoms with Crippen LogP contribution in [0.2, 0.25) is 0 Å². The number of likely N-dealkylation sites (tertiary alicyclic amines) is 1. The van der Waals surface area contributed by atoms with Crippen molar-refractivity contribution in [2.45, 2.75) is 38.8 Å². The number of hydrogen-bond acceptors (Lipinski definition) is 3. The van der Waals surface area contributed by atoms with E-state index in [2.05, 4.69) is 28.1 Å². The highest BCUT2D eigenvalue weighted by molar-refractivity contribution is 5.47. The molecule has 1 aromatic heterocycles. The average Bonchev–Trinajstić information content (AvgIpc) is 2.84. The van der Waals surface area contributed by atoms with Gasteiger partial charge in [-0.15, -0.1) is 0 Å². The molecule has 0 saturated carbocycles. The third-order valence-electron chi connectivity index (χ3n) is 3.65. The van der Waals surface area contributed by atoms with Crippen LogP contribution < -0.4 is 4.90 Å². The minimum atomic E-state index is 0.706. The molecule has 2 bridgehead atoms. The molecule has 96 valence electrons. The molecule has 4 heteroatoms. The van der Waals surface area contributed by atoms with Crippen molar-refractivity contribution < 1.29 is 0 Å². The van der Waals surface area contributed by atoms with Crippen LogP contribution >= 0.6 is 0 Å². The SMILES string of the molecule is CC.CN1CC2CCC(C1)N2c1cnn(C)c1. The maximum atomic E-state index is 4.27. The van der Waals surface area contributed by atoms with Gasteiger partial charge in [-0.3, -0.25) is 4.68 Å². The summed E-state index contributed by atoms with van der Waals surface area (Å²) in [7, 11) is 4.22. The molecule has 0 radical (unpaired) electrons. The number of anilines is 1. The number of aryl methyl sites for hydroxylation is 1. The molecule has 4 nitrogen and oxygen atoms in total. The lowest BCUT2D eigenvalue weighted by Crippen LogP contribution is -2.52. The van der Waals surface area contributed by atoms with Gasteiger partial charge in [-0.2, -0.15) is 5.10 Å². The summed E-state index contributed by atoms with van der Waals surface area (Å²) in [4.78, 5) is 5.03. The molecule has 2 atom stereocenters. The van der Waals surface area contributed by atoms with Crippen LogP contribution in [0.25, 0.3) is 0 Å². The van der Waals surface area contributed by atoms with Crippen LogP contribution in [-0.4, -0.2) is 46.9 Å². The molecule has 1 aromatic rings. The number of rotatable bonds is 1. The zero-order valence-corrected chi connectivity index (χ0v) is 11.4. The summed E-state index contributed by atoms with van der Waals surface area (Å²) in [6.07, 6.45) is 6.81. The smallest absolute Gasteiger partial charge is 0.0758 e. The van der Waals surface area contributed by atoms with E-state index < -0.39 is 0 Å². The average molecular weight is 236 g/mol. The molecule has 0 spiro atoms. The van der Waals surface area contributed by atoms with Crippen molar-refractivity contribution in [2.24, 2.45) is 7.05 Å². The van der Waals surface area contributed by atoms with Crippen molar-refractivity contribution >= 4 is 5.69 Å². The Morgan fingerprint density at radius 1 is 1.12 bits per heavy atom. The van der Waals surface area contributed by atoms with Gasteiger partial charge in [0.1, 0.15) is 0 Å². The van der Waals surface area contributed by atoms with Gasteiger partial charge in [0.15, 0.2) is 0 Å². The highest BCUT2D eigenvalue weighted by atomic mass is 15.3. The highest BCUT2D eigenvalue weighted by Crippen LogP contribution is 2.33. The Bertz CT molecular complexity index is 346. The number of piperazine rings is 1. The molecule has 0 aromatic carbocycles. The van der Waals surface area contributed by atoms with E-state index in [4.69, 9.17) is 0 Å². The first-order valence-corrected chi connectivity index (χ1v) is 6.69. The monoisotopic (exact) mass is 236 g/mol. The van der Waals surface area contributed by atoms with Crippen molar-refractivity contribution in [2.75, 3.05) is 25.0 Å². The zero-order chi connectivity index (χ0) is 12.4. The van der Waals surface area contributed by atoms with Gasteiger partial charge < -0.3 is 9.80 Å². The van der Waals surface area contributed by atoms with E-state index in [0.29, 0.717) is 12.1 Å².